The lowest BCUT2D eigenvalue weighted by atomic mass is 10.1. The first kappa shape index (κ1) is 19.7. The number of para-hydroxylation sites is 2. The quantitative estimate of drug-likeness (QED) is 0.709. The summed E-state index contributed by atoms with van der Waals surface area (Å²) in [5.41, 5.74) is 0.686. The van der Waals surface area contributed by atoms with Gasteiger partial charge in [-0.1, -0.05) is 12.1 Å². The molecule has 1 unspecified atom stereocenters. The van der Waals surface area contributed by atoms with Crippen molar-refractivity contribution in [1.82, 2.24) is 5.32 Å². The molecule has 2 aromatic rings. The molecular formula is C21H23FN2O4. The number of nitrogens with one attached hydrogen (secondary N) is 1. The molecule has 3 rings (SSSR count). The first-order valence-electron chi connectivity index (χ1n) is 9.27. The molecule has 1 heterocycles. The van der Waals surface area contributed by atoms with Crippen molar-refractivity contribution in [2.75, 3.05) is 24.6 Å². The molecule has 0 spiro atoms. The summed E-state index contributed by atoms with van der Waals surface area (Å²) in [5.74, 6) is 0.639. The Morgan fingerprint density at radius 1 is 1.21 bits per heavy atom. The molecular weight excluding hydrogens is 363 g/mol. The number of fused-ring (bicyclic) bond motifs is 1. The summed E-state index contributed by atoms with van der Waals surface area (Å²) >= 11 is 0. The number of anilines is 1. The number of ether oxygens (including phenoxy) is 2. The van der Waals surface area contributed by atoms with Gasteiger partial charge in [-0.05, 0) is 49.7 Å². The number of amides is 2. The number of hydrogen-bond acceptors (Lipinski definition) is 4. The zero-order valence-electron chi connectivity index (χ0n) is 15.7. The summed E-state index contributed by atoms with van der Waals surface area (Å²) in [6, 6.07) is 13.1. The van der Waals surface area contributed by atoms with E-state index < -0.39 is 6.10 Å². The van der Waals surface area contributed by atoms with Crippen LogP contribution < -0.4 is 19.7 Å². The molecule has 0 saturated carbocycles. The highest BCUT2D eigenvalue weighted by Crippen LogP contribution is 2.33. The lowest BCUT2D eigenvalue weighted by Gasteiger charge is -2.32. The number of rotatable bonds is 8. The van der Waals surface area contributed by atoms with Crippen LogP contribution in [0.3, 0.4) is 0 Å². The van der Waals surface area contributed by atoms with E-state index in [4.69, 9.17) is 9.47 Å². The topological polar surface area (TPSA) is 67.9 Å². The number of benzene rings is 2. The minimum Gasteiger partial charge on any atom is -0.494 e. The van der Waals surface area contributed by atoms with Gasteiger partial charge in [0.2, 0.25) is 5.91 Å². The smallest absolute Gasteiger partial charge is 0.267 e. The Labute approximate surface area is 163 Å². The largest absolute Gasteiger partial charge is 0.494 e. The van der Waals surface area contributed by atoms with E-state index >= 15 is 0 Å². The molecule has 1 atom stereocenters. The van der Waals surface area contributed by atoms with Crippen LogP contribution in [0.5, 0.6) is 11.5 Å². The summed E-state index contributed by atoms with van der Waals surface area (Å²) in [6.07, 6.45) is 0.256. The van der Waals surface area contributed by atoms with Crippen LogP contribution in [0, 0.1) is 5.82 Å². The minimum atomic E-state index is -0.568. The fourth-order valence-electron chi connectivity index (χ4n) is 2.91. The third-order valence-corrected chi connectivity index (χ3v) is 4.36. The van der Waals surface area contributed by atoms with Crippen LogP contribution in [0.4, 0.5) is 10.1 Å². The van der Waals surface area contributed by atoms with E-state index in [-0.39, 0.29) is 24.1 Å². The van der Waals surface area contributed by atoms with Gasteiger partial charge in [0.15, 0.2) is 6.10 Å². The molecule has 0 aliphatic carbocycles. The summed E-state index contributed by atoms with van der Waals surface area (Å²) in [6.45, 7) is 2.87. The van der Waals surface area contributed by atoms with Crippen molar-refractivity contribution in [2.24, 2.45) is 0 Å². The van der Waals surface area contributed by atoms with Gasteiger partial charge in [0.05, 0.1) is 12.3 Å². The zero-order valence-corrected chi connectivity index (χ0v) is 15.7. The number of carbonyl (C=O) groups is 2. The Kier molecular flexibility index (Phi) is 6.47. The van der Waals surface area contributed by atoms with Gasteiger partial charge in [0, 0.05) is 19.5 Å². The Morgan fingerprint density at radius 2 is 1.96 bits per heavy atom. The Bertz CT molecular complexity index is 825. The van der Waals surface area contributed by atoms with Gasteiger partial charge in [-0.25, -0.2) is 4.39 Å². The van der Waals surface area contributed by atoms with Crippen molar-refractivity contribution in [1.29, 1.82) is 0 Å². The van der Waals surface area contributed by atoms with E-state index in [1.807, 2.05) is 24.3 Å². The summed E-state index contributed by atoms with van der Waals surface area (Å²) in [5, 5.41) is 2.82. The second kappa shape index (κ2) is 9.21. The van der Waals surface area contributed by atoms with E-state index in [2.05, 4.69) is 5.32 Å². The van der Waals surface area contributed by atoms with Crippen molar-refractivity contribution in [3.8, 4) is 11.5 Å². The van der Waals surface area contributed by atoms with Gasteiger partial charge >= 0.3 is 0 Å². The monoisotopic (exact) mass is 386 g/mol. The number of nitrogens with zero attached hydrogens (tertiary/aromatic N) is 1. The standard InChI is InChI=1S/C21H23FN2O4/c1-15-21(26)24(18-5-2-3-6-19(18)28-15)13-11-20(25)23-12-4-14-27-17-9-7-16(22)8-10-17/h2-3,5-10,15H,4,11-14H2,1H3,(H,23,25). The highest BCUT2D eigenvalue weighted by Gasteiger charge is 2.31. The Hall–Kier alpha value is -3.09. The average molecular weight is 386 g/mol. The lowest BCUT2D eigenvalue weighted by Crippen LogP contribution is -2.45. The number of halogens is 1. The van der Waals surface area contributed by atoms with E-state index in [0.29, 0.717) is 43.3 Å². The van der Waals surface area contributed by atoms with Crippen LogP contribution >= 0.6 is 0 Å². The van der Waals surface area contributed by atoms with E-state index in [1.165, 1.54) is 12.1 Å². The van der Waals surface area contributed by atoms with Gasteiger partial charge < -0.3 is 19.7 Å². The van der Waals surface area contributed by atoms with Gasteiger partial charge in [0.25, 0.3) is 5.91 Å². The SMILES string of the molecule is CC1Oc2ccccc2N(CCC(=O)NCCCOc2ccc(F)cc2)C1=O. The molecule has 1 aliphatic heterocycles. The van der Waals surface area contributed by atoms with E-state index in [9.17, 15) is 14.0 Å². The van der Waals surface area contributed by atoms with Crippen LogP contribution in [-0.2, 0) is 9.59 Å². The van der Waals surface area contributed by atoms with Crippen molar-refractivity contribution in [2.45, 2.75) is 25.9 Å². The average Bonchev–Trinajstić information content (AvgIpc) is 2.69. The van der Waals surface area contributed by atoms with Crippen LogP contribution in [0.2, 0.25) is 0 Å². The summed E-state index contributed by atoms with van der Waals surface area (Å²) in [4.78, 5) is 26.1. The maximum atomic E-state index is 12.8. The summed E-state index contributed by atoms with van der Waals surface area (Å²) in [7, 11) is 0. The fourth-order valence-corrected chi connectivity index (χ4v) is 2.91. The molecule has 2 aromatic carbocycles. The predicted octanol–water partition coefficient (Wildman–Crippen LogP) is 2.92. The molecule has 0 bridgehead atoms. The molecule has 0 fully saturated rings. The molecule has 28 heavy (non-hydrogen) atoms. The Balaban J connectivity index is 1.39. The molecule has 1 N–H and O–H groups in total. The van der Waals surface area contributed by atoms with Crippen molar-refractivity contribution >= 4 is 17.5 Å². The first-order valence-corrected chi connectivity index (χ1v) is 9.27. The van der Waals surface area contributed by atoms with Crippen LogP contribution in [0.1, 0.15) is 19.8 Å². The van der Waals surface area contributed by atoms with Crippen molar-refractivity contribution in [3.63, 3.8) is 0 Å². The zero-order chi connectivity index (χ0) is 19.9. The second-order valence-electron chi connectivity index (χ2n) is 6.47. The molecule has 0 saturated heterocycles. The molecule has 0 aromatic heterocycles. The van der Waals surface area contributed by atoms with Crippen LogP contribution in [0.15, 0.2) is 48.5 Å². The number of carbonyl (C=O) groups excluding carboxylic acids is 2. The molecule has 148 valence electrons. The maximum absolute atomic E-state index is 12.8. The van der Waals surface area contributed by atoms with Crippen LogP contribution in [0.25, 0.3) is 0 Å². The Morgan fingerprint density at radius 3 is 2.75 bits per heavy atom. The van der Waals surface area contributed by atoms with Gasteiger partial charge in [-0.3, -0.25) is 9.59 Å². The van der Waals surface area contributed by atoms with E-state index in [1.54, 1.807) is 24.0 Å². The lowest BCUT2D eigenvalue weighted by molar-refractivity contribution is -0.125. The van der Waals surface area contributed by atoms with Crippen molar-refractivity contribution in [3.05, 3.63) is 54.3 Å². The first-order chi connectivity index (χ1) is 13.5. The second-order valence-corrected chi connectivity index (χ2v) is 6.47. The van der Waals surface area contributed by atoms with Gasteiger partial charge in [-0.2, -0.15) is 0 Å². The van der Waals surface area contributed by atoms with Gasteiger partial charge in [0.1, 0.15) is 17.3 Å². The maximum Gasteiger partial charge on any atom is 0.267 e. The third kappa shape index (κ3) is 5.00. The van der Waals surface area contributed by atoms with Crippen molar-refractivity contribution < 1.29 is 23.5 Å². The third-order valence-electron chi connectivity index (χ3n) is 4.36. The molecule has 2 amide bonds. The molecule has 7 heteroatoms. The molecule has 0 radical (unpaired) electrons. The minimum absolute atomic E-state index is 0.133. The highest BCUT2D eigenvalue weighted by molar-refractivity contribution is 6.00. The van der Waals surface area contributed by atoms with E-state index in [0.717, 1.165) is 0 Å². The number of hydrogen-bond donors (Lipinski definition) is 1. The fraction of sp³-hybridized carbons (Fsp3) is 0.333. The van der Waals surface area contributed by atoms with Gasteiger partial charge in [-0.15, -0.1) is 0 Å². The predicted molar refractivity (Wildman–Crippen MR) is 103 cm³/mol. The highest BCUT2D eigenvalue weighted by atomic mass is 19.1. The summed E-state index contributed by atoms with van der Waals surface area (Å²) < 4.78 is 23.9. The molecule has 1 aliphatic rings. The molecule has 6 nitrogen and oxygen atoms in total. The van der Waals surface area contributed by atoms with Crippen LogP contribution in [-0.4, -0.2) is 37.6 Å². The normalized spacial score (nSPS) is 15.6.